The first-order chi connectivity index (χ1) is 11.4. The highest BCUT2D eigenvalue weighted by atomic mass is 19.4. The molecule has 1 saturated carbocycles. The van der Waals surface area contributed by atoms with Gasteiger partial charge in [-0.2, -0.15) is 0 Å². The van der Waals surface area contributed by atoms with Gasteiger partial charge in [-0.3, -0.25) is 4.79 Å². The number of amides is 1. The number of nitrogens with one attached hydrogen (secondary N) is 1. The number of ether oxygens (including phenoxy) is 1. The summed E-state index contributed by atoms with van der Waals surface area (Å²) in [5.74, 6) is -0.564. The van der Waals surface area contributed by atoms with Crippen LogP contribution >= 0.6 is 0 Å². The van der Waals surface area contributed by atoms with Crippen LogP contribution in [0.25, 0.3) is 0 Å². The van der Waals surface area contributed by atoms with Crippen molar-refractivity contribution < 1.29 is 22.7 Å². The van der Waals surface area contributed by atoms with E-state index in [1.807, 2.05) is 11.9 Å². The van der Waals surface area contributed by atoms with Crippen LogP contribution < -0.4 is 10.1 Å². The van der Waals surface area contributed by atoms with E-state index < -0.39 is 6.36 Å². The molecule has 0 spiro atoms. The first-order valence-electron chi connectivity index (χ1n) is 8.20. The lowest BCUT2D eigenvalue weighted by molar-refractivity contribution is -0.274. The van der Waals surface area contributed by atoms with Gasteiger partial charge in [0.25, 0.3) is 0 Å². The van der Waals surface area contributed by atoms with E-state index >= 15 is 0 Å². The molecule has 1 aromatic carbocycles. The molecule has 0 bridgehead atoms. The van der Waals surface area contributed by atoms with Crippen molar-refractivity contribution in [2.24, 2.45) is 5.92 Å². The molecule has 1 N–H and O–H groups in total. The molecule has 1 aliphatic heterocycles. The Labute approximate surface area is 139 Å². The molecule has 1 saturated heterocycles. The minimum Gasteiger partial charge on any atom is -0.405 e. The van der Waals surface area contributed by atoms with Gasteiger partial charge in [0.1, 0.15) is 5.75 Å². The molecule has 1 heterocycles. The summed E-state index contributed by atoms with van der Waals surface area (Å²) >= 11 is 0. The van der Waals surface area contributed by atoms with Crippen LogP contribution in [0.15, 0.2) is 24.3 Å². The summed E-state index contributed by atoms with van der Waals surface area (Å²) in [4.78, 5) is 14.6. The smallest absolute Gasteiger partial charge is 0.405 e. The summed E-state index contributed by atoms with van der Waals surface area (Å²) in [5, 5.41) is 3.09. The fourth-order valence-corrected chi connectivity index (χ4v) is 3.60. The Balaban J connectivity index is 1.70. The number of benzene rings is 1. The zero-order chi connectivity index (χ0) is 17.3. The van der Waals surface area contributed by atoms with Crippen molar-refractivity contribution in [2.45, 2.75) is 37.6 Å². The van der Waals surface area contributed by atoms with Gasteiger partial charge in [-0.1, -0.05) is 18.2 Å². The molecule has 7 heteroatoms. The van der Waals surface area contributed by atoms with E-state index in [-0.39, 0.29) is 29.5 Å². The maximum atomic E-state index is 12.7. The van der Waals surface area contributed by atoms with Gasteiger partial charge in [0.05, 0.1) is 0 Å². The first-order valence-corrected chi connectivity index (χ1v) is 8.20. The maximum Gasteiger partial charge on any atom is 0.573 e. The van der Waals surface area contributed by atoms with Gasteiger partial charge in [0.2, 0.25) is 5.91 Å². The Morgan fingerprint density at radius 1 is 1.38 bits per heavy atom. The van der Waals surface area contributed by atoms with Crippen molar-refractivity contribution in [1.29, 1.82) is 0 Å². The number of hydrogen-bond donors (Lipinski definition) is 1. The molecule has 4 nitrogen and oxygen atoms in total. The lowest BCUT2D eigenvalue weighted by Crippen LogP contribution is -2.41. The minimum absolute atomic E-state index is 0.0551. The van der Waals surface area contributed by atoms with Crippen molar-refractivity contribution in [1.82, 2.24) is 10.2 Å². The van der Waals surface area contributed by atoms with Crippen LogP contribution in [0.3, 0.4) is 0 Å². The van der Waals surface area contributed by atoms with Gasteiger partial charge in [0.15, 0.2) is 0 Å². The Morgan fingerprint density at radius 2 is 2.12 bits per heavy atom. The fraction of sp³-hybridized carbons (Fsp3) is 0.588. The molecule has 2 aliphatic rings. The van der Waals surface area contributed by atoms with E-state index in [0.29, 0.717) is 12.0 Å². The summed E-state index contributed by atoms with van der Waals surface area (Å²) in [6.45, 7) is 1.48. The molecule has 1 aliphatic carbocycles. The highest BCUT2D eigenvalue weighted by Crippen LogP contribution is 2.52. The van der Waals surface area contributed by atoms with Gasteiger partial charge in [0, 0.05) is 25.0 Å². The number of para-hydroxylation sites is 1. The fourth-order valence-electron chi connectivity index (χ4n) is 3.60. The molecule has 24 heavy (non-hydrogen) atoms. The van der Waals surface area contributed by atoms with E-state index in [0.717, 1.165) is 25.9 Å². The van der Waals surface area contributed by atoms with Crippen LogP contribution in [0.5, 0.6) is 5.75 Å². The molecular weight excluding hydrogens is 321 g/mol. The van der Waals surface area contributed by atoms with Gasteiger partial charge in [-0.15, -0.1) is 13.2 Å². The summed E-state index contributed by atoms with van der Waals surface area (Å²) < 4.78 is 41.7. The number of likely N-dealkylation sites (tertiary alicyclic amines) is 1. The van der Waals surface area contributed by atoms with E-state index in [2.05, 4.69) is 10.1 Å². The Kier molecular flexibility index (Phi) is 4.71. The number of carbonyl (C=O) groups excluding carboxylic acids is 1. The van der Waals surface area contributed by atoms with E-state index in [1.165, 1.54) is 12.1 Å². The number of carbonyl (C=O) groups is 1. The molecule has 1 amide bonds. The van der Waals surface area contributed by atoms with Crippen LogP contribution in [0.1, 0.15) is 30.7 Å². The zero-order valence-electron chi connectivity index (χ0n) is 13.5. The van der Waals surface area contributed by atoms with Crippen molar-refractivity contribution >= 4 is 5.91 Å². The summed E-state index contributed by atoms with van der Waals surface area (Å²) in [6.07, 6.45) is -2.20. The number of halogens is 3. The third kappa shape index (κ3) is 3.66. The Morgan fingerprint density at radius 3 is 2.83 bits per heavy atom. The number of likely N-dealkylation sites (N-methyl/N-ethyl adjacent to an activating group) is 1. The molecule has 0 radical (unpaired) electrons. The summed E-state index contributed by atoms with van der Waals surface area (Å²) in [6, 6.07) is 6.30. The average molecular weight is 342 g/mol. The van der Waals surface area contributed by atoms with Gasteiger partial charge in [-0.25, -0.2) is 0 Å². The Bertz CT molecular complexity index is 606. The molecule has 3 rings (SSSR count). The second kappa shape index (κ2) is 6.63. The van der Waals surface area contributed by atoms with Crippen LogP contribution in [0.2, 0.25) is 0 Å². The van der Waals surface area contributed by atoms with Gasteiger partial charge in [-0.05, 0) is 43.9 Å². The Hall–Kier alpha value is -1.76. The predicted octanol–water partition coefficient (Wildman–Crippen LogP) is 2.90. The van der Waals surface area contributed by atoms with Crippen molar-refractivity contribution in [3.63, 3.8) is 0 Å². The topological polar surface area (TPSA) is 41.6 Å². The lowest BCUT2D eigenvalue weighted by Gasteiger charge is -2.25. The van der Waals surface area contributed by atoms with Crippen LogP contribution in [-0.2, 0) is 4.79 Å². The molecule has 0 aromatic heterocycles. The molecule has 1 aromatic rings. The molecule has 2 fully saturated rings. The molecule has 3 atom stereocenters. The maximum absolute atomic E-state index is 12.7. The number of rotatable bonds is 5. The zero-order valence-corrected chi connectivity index (χ0v) is 13.5. The van der Waals surface area contributed by atoms with Crippen LogP contribution in [-0.4, -0.2) is 43.3 Å². The van der Waals surface area contributed by atoms with Crippen LogP contribution in [0, 0.1) is 5.92 Å². The third-order valence-electron chi connectivity index (χ3n) is 4.75. The lowest BCUT2D eigenvalue weighted by atomic mass is 10.1. The van der Waals surface area contributed by atoms with E-state index in [9.17, 15) is 18.0 Å². The number of alkyl halides is 3. The predicted molar refractivity (Wildman–Crippen MR) is 82.6 cm³/mol. The minimum atomic E-state index is -4.72. The van der Waals surface area contributed by atoms with Gasteiger partial charge < -0.3 is 15.0 Å². The first kappa shape index (κ1) is 17.1. The van der Waals surface area contributed by atoms with Crippen molar-refractivity contribution in [3.8, 4) is 5.75 Å². The number of hydrogen-bond acceptors (Lipinski definition) is 3. The largest absolute Gasteiger partial charge is 0.573 e. The highest BCUT2D eigenvalue weighted by Gasteiger charge is 2.49. The van der Waals surface area contributed by atoms with Crippen molar-refractivity contribution in [2.75, 3.05) is 20.1 Å². The molecule has 0 unspecified atom stereocenters. The second-order valence-corrected chi connectivity index (χ2v) is 6.42. The van der Waals surface area contributed by atoms with Crippen molar-refractivity contribution in [3.05, 3.63) is 29.8 Å². The molecule has 132 valence electrons. The van der Waals surface area contributed by atoms with E-state index in [1.54, 1.807) is 12.1 Å². The highest BCUT2D eigenvalue weighted by molar-refractivity contribution is 5.83. The quantitative estimate of drug-likeness (QED) is 0.895. The normalized spacial score (nSPS) is 26.5. The number of nitrogens with zero attached hydrogens (tertiary/aromatic N) is 1. The molecular formula is C17H21F3N2O2. The second-order valence-electron chi connectivity index (χ2n) is 6.42. The van der Waals surface area contributed by atoms with Crippen LogP contribution in [0.4, 0.5) is 13.2 Å². The SMILES string of the molecule is CNC[C@@H]1CCCN1C(=O)[C@@H]1C[C@@H]1c1ccccc1OC(F)(F)F. The summed E-state index contributed by atoms with van der Waals surface area (Å²) in [5.41, 5.74) is 0.470. The summed E-state index contributed by atoms with van der Waals surface area (Å²) in [7, 11) is 1.85. The monoisotopic (exact) mass is 342 g/mol. The van der Waals surface area contributed by atoms with Gasteiger partial charge >= 0.3 is 6.36 Å². The standard InChI is InChI=1S/C17H21F3N2O2/c1-21-10-11-5-4-8-22(11)16(23)14-9-13(14)12-6-2-3-7-15(12)24-17(18,19)20/h2-3,6-7,11,13-14,21H,4-5,8-10H2,1H3/t11-,13+,14+/m0/s1. The average Bonchev–Trinajstić information content (AvgIpc) is 3.17. The third-order valence-corrected chi connectivity index (χ3v) is 4.75. The van der Waals surface area contributed by atoms with E-state index in [4.69, 9.17) is 0 Å².